The standard InChI is InChI=1S/C25H28N2/c1-19-23(21-14-8-4-9-15-21)24(26-18-20-12-6-3-7-13-20)25(27(19)2)22-16-10-5-11-17-22/h3-17,19,23-26H,18H2,1-2H3/t19-,23+,24+,25-/m0/s1. The summed E-state index contributed by atoms with van der Waals surface area (Å²) in [5.41, 5.74) is 4.13. The normalized spacial score (nSPS) is 25.6. The number of likely N-dealkylation sites (N-methyl/N-ethyl adjacent to an activating group) is 1. The Hall–Kier alpha value is -2.42. The molecule has 1 fully saturated rings. The number of nitrogens with zero attached hydrogens (tertiary/aromatic N) is 1. The summed E-state index contributed by atoms with van der Waals surface area (Å²) in [5, 5.41) is 3.91. The quantitative estimate of drug-likeness (QED) is 0.692. The Morgan fingerprint density at radius 2 is 1.26 bits per heavy atom. The van der Waals surface area contributed by atoms with Crippen LogP contribution in [0.2, 0.25) is 0 Å². The number of benzene rings is 3. The minimum atomic E-state index is 0.356. The van der Waals surface area contributed by atoms with E-state index in [2.05, 4.69) is 115 Å². The average Bonchev–Trinajstić information content (AvgIpc) is 2.98. The van der Waals surface area contributed by atoms with Gasteiger partial charge < -0.3 is 5.32 Å². The van der Waals surface area contributed by atoms with E-state index in [0.29, 0.717) is 24.0 Å². The molecule has 1 aliphatic rings. The van der Waals surface area contributed by atoms with Gasteiger partial charge in [0.2, 0.25) is 0 Å². The zero-order chi connectivity index (χ0) is 18.6. The van der Waals surface area contributed by atoms with Crippen molar-refractivity contribution in [2.45, 2.75) is 37.5 Å². The Morgan fingerprint density at radius 3 is 1.85 bits per heavy atom. The van der Waals surface area contributed by atoms with Crippen molar-refractivity contribution in [1.82, 2.24) is 10.2 Å². The predicted octanol–water partition coefficient (Wildman–Crippen LogP) is 5.00. The molecule has 138 valence electrons. The molecule has 4 rings (SSSR count). The van der Waals surface area contributed by atoms with E-state index in [-0.39, 0.29) is 0 Å². The summed E-state index contributed by atoms with van der Waals surface area (Å²) in [6.45, 7) is 3.25. The van der Waals surface area contributed by atoms with Crippen molar-refractivity contribution < 1.29 is 0 Å². The average molecular weight is 357 g/mol. The van der Waals surface area contributed by atoms with Crippen molar-refractivity contribution in [3.8, 4) is 0 Å². The van der Waals surface area contributed by atoms with Crippen molar-refractivity contribution in [2.75, 3.05) is 7.05 Å². The molecule has 4 atom stereocenters. The van der Waals surface area contributed by atoms with Gasteiger partial charge in [-0.15, -0.1) is 0 Å². The topological polar surface area (TPSA) is 15.3 Å². The fourth-order valence-electron chi connectivity index (χ4n) is 4.58. The molecule has 2 heteroatoms. The molecule has 0 aliphatic carbocycles. The lowest BCUT2D eigenvalue weighted by Crippen LogP contribution is -2.37. The van der Waals surface area contributed by atoms with Gasteiger partial charge >= 0.3 is 0 Å². The van der Waals surface area contributed by atoms with Crippen molar-refractivity contribution in [3.05, 3.63) is 108 Å². The molecule has 1 heterocycles. The highest BCUT2D eigenvalue weighted by Crippen LogP contribution is 2.44. The van der Waals surface area contributed by atoms with Gasteiger partial charge in [-0.3, -0.25) is 4.90 Å². The summed E-state index contributed by atoms with van der Waals surface area (Å²) < 4.78 is 0. The summed E-state index contributed by atoms with van der Waals surface area (Å²) in [5.74, 6) is 0.449. The van der Waals surface area contributed by atoms with Crippen molar-refractivity contribution >= 4 is 0 Å². The van der Waals surface area contributed by atoms with Crippen LogP contribution in [0.15, 0.2) is 91.0 Å². The molecule has 0 spiro atoms. The van der Waals surface area contributed by atoms with Gasteiger partial charge in [-0.25, -0.2) is 0 Å². The lowest BCUT2D eigenvalue weighted by Gasteiger charge is -2.28. The Labute approximate surface area is 162 Å². The van der Waals surface area contributed by atoms with Gasteiger partial charge in [0.15, 0.2) is 0 Å². The molecule has 3 aromatic carbocycles. The van der Waals surface area contributed by atoms with Crippen LogP contribution in [-0.2, 0) is 6.54 Å². The first-order valence-corrected chi connectivity index (χ1v) is 9.85. The predicted molar refractivity (Wildman–Crippen MR) is 113 cm³/mol. The van der Waals surface area contributed by atoms with Crippen LogP contribution in [-0.4, -0.2) is 24.0 Å². The molecular formula is C25H28N2. The first-order chi connectivity index (χ1) is 13.3. The molecule has 0 aromatic heterocycles. The lowest BCUT2D eigenvalue weighted by atomic mass is 9.85. The van der Waals surface area contributed by atoms with E-state index in [9.17, 15) is 0 Å². The summed E-state index contributed by atoms with van der Waals surface area (Å²) in [6, 6.07) is 33.8. The van der Waals surface area contributed by atoms with Crippen LogP contribution in [0.3, 0.4) is 0 Å². The van der Waals surface area contributed by atoms with Crippen LogP contribution in [0.4, 0.5) is 0 Å². The highest BCUT2D eigenvalue weighted by Gasteiger charge is 2.45. The van der Waals surface area contributed by atoms with Gasteiger partial charge in [-0.05, 0) is 30.7 Å². The monoisotopic (exact) mass is 356 g/mol. The SMILES string of the molecule is C[C@H]1[C@H](c2ccccc2)[C@@H](NCc2ccccc2)[C@H](c2ccccc2)N1C. The second kappa shape index (κ2) is 8.08. The first-order valence-electron chi connectivity index (χ1n) is 9.85. The van der Waals surface area contributed by atoms with Crippen LogP contribution in [0.5, 0.6) is 0 Å². The Bertz CT molecular complexity index is 780. The molecule has 0 amide bonds. The van der Waals surface area contributed by atoms with Crippen LogP contribution >= 0.6 is 0 Å². The maximum atomic E-state index is 3.91. The van der Waals surface area contributed by atoms with Crippen molar-refractivity contribution in [3.63, 3.8) is 0 Å². The van der Waals surface area contributed by atoms with Gasteiger partial charge in [0.05, 0.1) is 6.04 Å². The number of hydrogen-bond donors (Lipinski definition) is 1. The van der Waals surface area contributed by atoms with E-state index in [4.69, 9.17) is 0 Å². The third kappa shape index (κ3) is 3.69. The van der Waals surface area contributed by atoms with E-state index < -0.39 is 0 Å². The third-order valence-corrected chi connectivity index (χ3v) is 6.04. The number of likely N-dealkylation sites (tertiary alicyclic amines) is 1. The molecule has 2 nitrogen and oxygen atoms in total. The molecule has 1 aliphatic heterocycles. The lowest BCUT2D eigenvalue weighted by molar-refractivity contribution is 0.240. The molecule has 1 saturated heterocycles. The second-order valence-corrected chi connectivity index (χ2v) is 7.59. The van der Waals surface area contributed by atoms with E-state index in [1.54, 1.807) is 0 Å². The Morgan fingerprint density at radius 1 is 0.741 bits per heavy atom. The van der Waals surface area contributed by atoms with E-state index in [1.165, 1.54) is 16.7 Å². The number of nitrogens with one attached hydrogen (secondary N) is 1. The van der Waals surface area contributed by atoms with Crippen LogP contribution < -0.4 is 5.32 Å². The van der Waals surface area contributed by atoms with Crippen molar-refractivity contribution in [1.29, 1.82) is 0 Å². The second-order valence-electron chi connectivity index (χ2n) is 7.59. The van der Waals surface area contributed by atoms with Crippen LogP contribution in [0.25, 0.3) is 0 Å². The minimum Gasteiger partial charge on any atom is -0.307 e. The molecule has 3 aromatic rings. The maximum absolute atomic E-state index is 3.91. The maximum Gasteiger partial charge on any atom is 0.0507 e. The molecule has 0 saturated carbocycles. The molecule has 0 unspecified atom stereocenters. The molecule has 0 radical (unpaired) electrons. The zero-order valence-electron chi connectivity index (χ0n) is 16.1. The molecule has 0 bridgehead atoms. The van der Waals surface area contributed by atoms with Gasteiger partial charge in [0, 0.05) is 24.5 Å². The van der Waals surface area contributed by atoms with Gasteiger partial charge in [0.1, 0.15) is 0 Å². The van der Waals surface area contributed by atoms with Gasteiger partial charge in [0.25, 0.3) is 0 Å². The third-order valence-electron chi connectivity index (χ3n) is 6.04. The number of rotatable bonds is 5. The summed E-state index contributed by atoms with van der Waals surface area (Å²) >= 11 is 0. The Kier molecular flexibility index (Phi) is 5.38. The largest absolute Gasteiger partial charge is 0.307 e. The summed E-state index contributed by atoms with van der Waals surface area (Å²) in [4.78, 5) is 2.54. The van der Waals surface area contributed by atoms with Gasteiger partial charge in [-0.2, -0.15) is 0 Å². The summed E-state index contributed by atoms with van der Waals surface area (Å²) in [6.07, 6.45) is 0. The zero-order valence-corrected chi connectivity index (χ0v) is 16.1. The fourth-order valence-corrected chi connectivity index (χ4v) is 4.58. The van der Waals surface area contributed by atoms with Crippen molar-refractivity contribution in [2.24, 2.45) is 0 Å². The summed E-state index contributed by atoms with van der Waals surface area (Å²) in [7, 11) is 2.27. The van der Waals surface area contributed by atoms with Crippen LogP contribution in [0.1, 0.15) is 35.6 Å². The highest BCUT2D eigenvalue weighted by atomic mass is 15.2. The van der Waals surface area contributed by atoms with Gasteiger partial charge in [-0.1, -0.05) is 91.0 Å². The van der Waals surface area contributed by atoms with E-state index in [1.807, 2.05) is 0 Å². The molecular weight excluding hydrogens is 328 g/mol. The smallest absolute Gasteiger partial charge is 0.0507 e. The van der Waals surface area contributed by atoms with E-state index in [0.717, 1.165) is 6.54 Å². The first kappa shape index (κ1) is 18.0. The van der Waals surface area contributed by atoms with Crippen LogP contribution in [0, 0.1) is 0 Å². The highest BCUT2D eigenvalue weighted by molar-refractivity contribution is 5.32. The Balaban J connectivity index is 1.68. The fraction of sp³-hybridized carbons (Fsp3) is 0.280. The van der Waals surface area contributed by atoms with E-state index >= 15 is 0 Å². The molecule has 27 heavy (non-hydrogen) atoms. The molecule has 1 N–H and O–H groups in total. The minimum absolute atomic E-state index is 0.356. The number of hydrogen-bond acceptors (Lipinski definition) is 2.